The Morgan fingerprint density at radius 2 is 1.45 bits per heavy atom. The van der Waals surface area contributed by atoms with E-state index in [0.717, 1.165) is 15.4 Å². The summed E-state index contributed by atoms with van der Waals surface area (Å²) in [6.07, 6.45) is 0. The molecule has 0 bridgehead atoms. The molecule has 0 aliphatic carbocycles. The van der Waals surface area contributed by atoms with Gasteiger partial charge in [0.05, 0.1) is 38.3 Å². The molecule has 42 heavy (non-hydrogen) atoms. The van der Waals surface area contributed by atoms with Gasteiger partial charge in [-0.1, -0.05) is 53.0 Å². The average molecular weight is 649 g/mol. The van der Waals surface area contributed by atoms with Gasteiger partial charge in [0.2, 0.25) is 5.91 Å². The SMILES string of the molecule is COc1ccc(C)cc1NS(=O)(=O)c1ccc(NC(=O)CN(c2cccc(Cl)c2Cl)S(=O)(=O)c2ccc(C)cc2)cc1. The summed E-state index contributed by atoms with van der Waals surface area (Å²) in [4.78, 5) is 13.0. The second kappa shape index (κ2) is 12.6. The molecule has 220 valence electrons. The number of methoxy groups -OCH3 is 1. The summed E-state index contributed by atoms with van der Waals surface area (Å²) in [5.41, 5.74) is 2.25. The van der Waals surface area contributed by atoms with Crippen LogP contribution in [0.5, 0.6) is 5.75 Å². The lowest BCUT2D eigenvalue weighted by atomic mass is 10.2. The third-order valence-corrected chi connectivity index (χ3v) is 10.1. The fourth-order valence-electron chi connectivity index (χ4n) is 3.98. The van der Waals surface area contributed by atoms with Crippen molar-refractivity contribution < 1.29 is 26.4 Å². The summed E-state index contributed by atoms with van der Waals surface area (Å²) >= 11 is 12.5. The molecule has 0 aliphatic heterocycles. The molecule has 0 heterocycles. The molecule has 0 atom stereocenters. The summed E-state index contributed by atoms with van der Waals surface area (Å²) in [5.74, 6) is -0.335. The Kier molecular flexibility index (Phi) is 9.37. The number of carbonyl (C=O) groups is 1. The van der Waals surface area contributed by atoms with E-state index < -0.39 is 32.5 Å². The summed E-state index contributed by atoms with van der Waals surface area (Å²) < 4.78 is 61.9. The average Bonchev–Trinajstić information content (AvgIpc) is 2.94. The number of hydrogen-bond acceptors (Lipinski definition) is 6. The lowest BCUT2D eigenvalue weighted by Gasteiger charge is -2.25. The number of ether oxygens (including phenoxy) is 1. The third kappa shape index (κ3) is 6.99. The van der Waals surface area contributed by atoms with Crippen LogP contribution in [0.4, 0.5) is 17.1 Å². The molecule has 0 saturated carbocycles. The predicted molar refractivity (Wildman–Crippen MR) is 166 cm³/mol. The van der Waals surface area contributed by atoms with Crippen molar-refractivity contribution in [2.24, 2.45) is 0 Å². The Bertz CT molecular complexity index is 1830. The van der Waals surface area contributed by atoms with Gasteiger partial charge in [0.1, 0.15) is 12.3 Å². The highest BCUT2D eigenvalue weighted by Gasteiger charge is 2.29. The zero-order chi connectivity index (χ0) is 30.7. The second-order valence-electron chi connectivity index (χ2n) is 9.28. The number of aryl methyl sites for hydroxylation is 2. The first-order chi connectivity index (χ1) is 19.8. The highest BCUT2D eigenvalue weighted by atomic mass is 35.5. The number of hydrogen-bond donors (Lipinski definition) is 2. The fraction of sp³-hybridized carbons (Fsp3) is 0.138. The molecule has 2 N–H and O–H groups in total. The van der Waals surface area contributed by atoms with E-state index in [1.165, 1.54) is 61.7 Å². The van der Waals surface area contributed by atoms with Crippen molar-refractivity contribution in [1.82, 2.24) is 0 Å². The molecular weight excluding hydrogens is 621 g/mol. The Morgan fingerprint density at radius 3 is 2.10 bits per heavy atom. The zero-order valence-corrected chi connectivity index (χ0v) is 25.9. The molecule has 0 spiro atoms. The number of amides is 1. The Labute approximate surface area is 255 Å². The monoisotopic (exact) mass is 647 g/mol. The van der Waals surface area contributed by atoms with Crippen LogP contribution in [0.1, 0.15) is 11.1 Å². The number of rotatable bonds is 10. The van der Waals surface area contributed by atoms with Crippen molar-refractivity contribution in [3.63, 3.8) is 0 Å². The molecule has 4 aromatic rings. The van der Waals surface area contributed by atoms with Crippen LogP contribution in [0.2, 0.25) is 10.0 Å². The van der Waals surface area contributed by atoms with Crippen molar-refractivity contribution >= 4 is 66.2 Å². The number of halogens is 2. The first-order valence-corrected chi connectivity index (χ1v) is 16.1. The van der Waals surface area contributed by atoms with Crippen LogP contribution in [-0.2, 0) is 24.8 Å². The van der Waals surface area contributed by atoms with Gasteiger partial charge in [-0.2, -0.15) is 0 Å². The molecular formula is C29H27Cl2N3O6S2. The van der Waals surface area contributed by atoms with Crippen molar-refractivity contribution in [1.29, 1.82) is 0 Å². The molecule has 0 unspecified atom stereocenters. The standard InChI is InChI=1S/C29H27Cl2N3O6S2/c1-19-7-12-23(13-8-19)42(38,39)34(26-6-4-5-24(30)29(26)31)18-28(35)32-21-10-14-22(15-11-21)41(36,37)33-25-17-20(2)9-16-27(25)40-3/h4-17,33H,18H2,1-3H3,(H,32,35). The normalized spacial score (nSPS) is 11.5. The van der Waals surface area contributed by atoms with Gasteiger partial charge in [0.15, 0.2) is 0 Å². The van der Waals surface area contributed by atoms with E-state index in [1.807, 2.05) is 13.8 Å². The smallest absolute Gasteiger partial charge is 0.264 e. The predicted octanol–water partition coefficient (Wildman–Crippen LogP) is 6.25. The number of nitrogens with zero attached hydrogens (tertiary/aromatic N) is 1. The topological polar surface area (TPSA) is 122 Å². The van der Waals surface area contributed by atoms with Gasteiger partial charge in [-0.05, 0) is 80.1 Å². The molecule has 1 amide bonds. The summed E-state index contributed by atoms with van der Waals surface area (Å²) in [6, 6.07) is 21.2. The lowest BCUT2D eigenvalue weighted by molar-refractivity contribution is -0.114. The number of carbonyl (C=O) groups excluding carboxylic acids is 1. The molecule has 4 rings (SSSR count). The van der Waals surface area contributed by atoms with E-state index in [0.29, 0.717) is 5.75 Å². The van der Waals surface area contributed by atoms with Crippen molar-refractivity contribution in [3.05, 3.63) is 106 Å². The minimum atomic E-state index is -4.23. The van der Waals surface area contributed by atoms with Crippen LogP contribution in [0.3, 0.4) is 0 Å². The number of anilines is 3. The molecule has 0 aliphatic rings. The zero-order valence-electron chi connectivity index (χ0n) is 22.8. The van der Waals surface area contributed by atoms with E-state index >= 15 is 0 Å². The van der Waals surface area contributed by atoms with Gasteiger partial charge >= 0.3 is 0 Å². The van der Waals surface area contributed by atoms with Gasteiger partial charge in [-0.25, -0.2) is 16.8 Å². The van der Waals surface area contributed by atoms with Gasteiger partial charge in [0, 0.05) is 5.69 Å². The van der Waals surface area contributed by atoms with E-state index in [9.17, 15) is 21.6 Å². The van der Waals surface area contributed by atoms with E-state index in [2.05, 4.69) is 10.0 Å². The van der Waals surface area contributed by atoms with Crippen LogP contribution in [-0.4, -0.2) is 36.4 Å². The van der Waals surface area contributed by atoms with E-state index in [4.69, 9.17) is 27.9 Å². The van der Waals surface area contributed by atoms with Crippen molar-refractivity contribution in [2.75, 3.05) is 28.0 Å². The minimum Gasteiger partial charge on any atom is -0.495 e. The maximum atomic E-state index is 13.6. The fourth-order valence-corrected chi connectivity index (χ4v) is 6.92. The highest BCUT2D eigenvalue weighted by molar-refractivity contribution is 7.93. The minimum absolute atomic E-state index is 0.0268. The molecule has 0 aromatic heterocycles. The van der Waals surface area contributed by atoms with Gasteiger partial charge in [-0.15, -0.1) is 0 Å². The van der Waals surface area contributed by atoms with Crippen molar-refractivity contribution in [3.8, 4) is 5.75 Å². The lowest BCUT2D eigenvalue weighted by Crippen LogP contribution is -2.38. The van der Waals surface area contributed by atoms with Crippen LogP contribution in [0, 0.1) is 13.8 Å². The molecule has 0 saturated heterocycles. The summed E-state index contributed by atoms with van der Waals surface area (Å²) in [5, 5.41) is 2.69. The maximum absolute atomic E-state index is 13.6. The van der Waals surface area contributed by atoms with E-state index in [1.54, 1.807) is 30.3 Å². The first kappa shape index (κ1) is 31.2. The largest absolute Gasteiger partial charge is 0.495 e. The maximum Gasteiger partial charge on any atom is 0.264 e. The first-order valence-electron chi connectivity index (χ1n) is 12.4. The second-order valence-corrected chi connectivity index (χ2v) is 13.6. The van der Waals surface area contributed by atoms with Gasteiger partial charge in [-0.3, -0.25) is 13.8 Å². The summed E-state index contributed by atoms with van der Waals surface area (Å²) in [7, 11) is -6.78. The Hall–Kier alpha value is -3.77. The highest BCUT2D eigenvalue weighted by Crippen LogP contribution is 2.35. The molecule has 4 aromatic carbocycles. The van der Waals surface area contributed by atoms with E-state index in [-0.39, 0.29) is 36.9 Å². The van der Waals surface area contributed by atoms with Crippen LogP contribution >= 0.6 is 23.2 Å². The van der Waals surface area contributed by atoms with Crippen molar-refractivity contribution in [2.45, 2.75) is 23.6 Å². The van der Waals surface area contributed by atoms with Crippen LogP contribution < -0.4 is 19.1 Å². The molecule has 0 radical (unpaired) electrons. The molecule has 9 nitrogen and oxygen atoms in total. The quantitative estimate of drug-likeness (QED) is 0.210. The Balaban J connectivity index is 1.56. The number of nitrogens with one attached hydrogen (secondary N) is 2. The molecule has 0 fully saturated rings. The van der Waals surface area contributed by atoms with Gasteiger partial charge in [0.25, 0.3) is 20.0 Å². The van der Waals surface area contributed by atoms with Gasteiger partial charge < -0.3 is 10.1 Å². The van der Waals surface area contributed by atoms with Crippen LogP contribution in [0.25, 0.3) is 0 Å². The number of sulfonamides is 2. The summed E-state index contributed by atoms with van der Waals surface area (Å²) in [6.45, 7) is 3.01. The Morgan fingerprint density at radius 1 is 0.833 bits per heavy atom. The molecule has 13 heteroatoms. The third-order valence-electron chi connectivity index (χ3n) is 6.14. The number of benzene rings is 4. The van der Waals surface area contributed by atoms with Crippen LogP contribution in [0.15, 0.2) is 94.7 Å².